The van der Waals surface area contributed by atoms with E-state index in [0.717, 1.165) is 0 Å². The van der Waals surface area contributed by atoms with Gasteiger partial charge < -0.3 is 10.6 Å². The maximum absolute atomic E-state index is 11.8. The SMILES string of the molecule is O=C(CNC1CCCCC1)Nc1ccccc1Cl. The first-order chi connectivity index (χ1) is 8.75. The Hall–Kier alpha value is -1.06. The second kappa shape index (κ2) is 6.76. The molecular weight excluding hydrogens is 248 g/mol. The first-order valence-corrected chi connectivity index (χ1v) is 6.91. The van der Waals surface area contributed by atoms with E-state index in [4.69, 9.17) is 11.6 Å². The van der Waals surface area contributed by atoms with E-state index in [2.05, 4.69) is 10.6 Å². The molecule has 1 fully saturated rings. The first-order valence-electron chi connectivity index (χ1n) is 6.53. The Balaban J connectivity index is 1.76. The van der Waals surface area contributed by atoms with Gasteiger partial charge in [0.05, 0.1) is 17.3 Å². The van der Waals surface area contributed by atoms with Gasteiger partial charge in [-0.3, -0.25) is 4.79 Å². The third kappa shape index (κ3) is 4.00. The topological polar surface area (TPSA) is 41.1 Å². The standard InChI is InChI=1S/C14H19ClN2O/c15-12-8-4-5-9-13(12)17-14(18)10-16-11-6-2-1-3-7-11/h4-5,8-9,11,16H,1-3,6-7,10H2,(H,17,18). The maximum atomic E-state index is 11.8. The van der Waals surface area contributed by atoms with Crippen molar-refractivity contribution < 1.29 is 4.79 Å². The summed E-state index contributed by atoms with van der Waals surface area (Å²) in [5.74, 6) is -0.0336. The van der Waals surface area contributed by atoms with Crippen molar-refractivity contribution in [3.05, 3.63) is 29.3 Å². The van der Waals surface area contributed by atoms with Crippen LogP contribution in [0.3, 0.4) is 0 Å². The Bertz CT molecular complexity index is 403. The smallest absolute Gasteiger partial charge is 0.238 e. The van der Waals surface area contributed by atoms with Crippen LogP contribution in [0.1, 0.15) is 32.1 Å². The average molecular weight is 267 g/mol. The van der Waals surface area contributed by atoms with Gasteiger partial charge in [0.1, 0.15) is 0 Å². The third-order valence-electron chi connectivity index (χ3n) is 3.30. The molecule has 0 bridgehead atoms. The second-order valence-electron chi connectivity index (χ2n) is 4.74. The lowest BCUT2D eigenvalue weighted by molar-refractivity contribution is -0.115. The summed E-state index contributed by atoms with van der Waals surface area (Å²) < 4.78 is 0. The number of rotatable bonds is 4. The number of carbonyl (C=O) groups excluding carboxylic acids is 1. The Morgan fingerprint density at radius 1 is 1.22 bits per heavy atom. The molecule has 1 aliphatic rings. The van der Waals surface area contributed by atoms with Crippen molar-refractivity contribution in [2.45, 2.75) is 38.1 Å². The number of carbonyl (C=O) groups is 1. The largest absolute Gasteiger partial charge is 0.324 e. The molecule has 1 aromatic rings. The van der Waals surface area contributed by atoms with Gasteiger partial charge in [0.2, 0.25) is 5.91 Å². The van der Waals surface area contributed by atoms with Crippen LogP contribution in [0.15, 0.2) is 24.3 Å². The quantitative estimate of drug-likeness (QED) is 0.879. The van der Waals surface area contributed by atoms with Gasteiger partial charge in [-0.2, -0.15) is 0 Å². The summed E-state index contributed by atoms with van der Waals surface area (Å²) in [5.41, 5.74) is 0.676. The number of para-hydroxylation sites is 1. The van der Waals surface area contributed by atoms with E-state index in [9.17, 15) is 4.79 Å². The molecule has 0 unspecified atom stereocenters. The van der Waals surface area contributed by atoms with Crippen molar-refractivity contribution in [3.8, 4) is 0 Å². The molecule has 0 heterocycles. The van der Waals surface area contributed by atoms with Crippen LogP contribution < -0.4 is 10.6 Å². The van der Waals surface area contributed by atoms with Crippen LogP contribution in [0.2, 0.25) is 5.02 Å². The number of anilines is 1. The van der Waals surface area contributed by atoms with Gasteiger partial charge in [-0.05, 0) is 25.0 Å². The third-order valence-corrected chi connectivity index (χ3v) is 3.63. The minimum absolute atomic E-state index is 0.0336. The van der Waals surface area contributed by atoms with E-state index in [1.807, 2.05) is 12.1 Å². The van der Waals surface area contributed by atoms with Crippen LogP contribution >= 0.6 is 11.6 Å². The molecule has 0 aromatic heterocycles. The summed E-state index contributed by atoms with van der Waals surface area (Å²) in [4.78, 5) is 11.8. The number of benzene rings is 1. The van der Waals surface area contributed by atoms with E-state index in [0.29, 0.717) is 23.3 Å². The molecule has 1 aliphatic carbocycles. The average Bonchev–Trinajstić information content (AvgIpc) is 2.40. The lowest BCUT2D eigenvalue weighted by atomic mass is 9.95. The highest BCUT2D eigenvalue weighted by Crippen LogP contribution is 2.20. The highest BCUT2D eigenvalue weighted by Gasteiger charge is 2.14. The fourth-order valence-corrected chi connectivity index (χ4v) is 2.48. The Morgan fingerprint density at radius 2 is 1.94 bits per heavy atom. The highest BCUT2D eigenvalue weighted by atomic mass is 35.5. The van der Waals surface area contributed by atoms with Crippen LogP contribution in [0.5, 0.6) is 0 Å². The van der Waals surface area contributed by atoms with E-state index in [1.165, 1.54) is 32.1 Å². The van der Waals surface area contributed by atoms with E-state index in [1.54, 1.807) is 12.1 Å². The monoisotopic (exact) mass is 266 g/mol. The fourth-order valence-electron chi connectivity index (χ4n) is 2.30. The molecule has 4 heteroatoms. The van der Waals surface area contributed by atoms with Crippen molar-refractivity contribution in [1.29, 1.82) is 0 Å². The zero-order chi connectivity index (χ0) is 12.8. The fraction of sp³-hybridized carbons (Fsp3) is 0.500. The molecule has 3 nitrogen and oxygen atoms in total. The molecule has 1 aromatic carbocycles. The van der Waals surface area contributed by atoms with Gasteiger partial charge in [-0.25, -0.2) is 0 Å². The summed E-state index contributed by atoms with van der Waals surface area (Å²) in [6.07, 6.45) is 6.22. The zero-order valence-corrected chi connectivity index (χ0v) is 11.2. The van der Waals surface area contributed by atoms with Crippen molar-refractivity contribution in [2.75, 3.05) is 11.9 Å². The Kier molecular flexibility index (Phi) is 5.02. The van der Waals surface area contributed by atoms with Gasteiger partial charge in [0.25, 0.3) is 0 Å². The van der Waals surface area contributed by atoms with Gasteiger partial charge in [-0.1, -0.05) is 43.0 Å². The number of nitrogens with one attached hydrogen (secondary N) is 2. The van der Waals surface area contributed by atoms with E-state index in [-0.39, 0.29) is 5.91 Å². The normalized spacial score (nSPS) is 16.5. The maximum Gasteiger partial charge on any atom is 0.238 e. The summed E-state index contributed by atoms with van der Waals surface area (Å²) in [7, 11) is 0. The van der Waals surface area contributed by atoms with Crippen molar-refractivity contribution in [1.82, 2.24) is 5.32 Å². The molecule has 1 saturated carbocycles. The van der Waals surface area contributed by atoms with Gasteiger partial charge in [0.15, 0.2) is 0 Å². The number of hydrogen-bond acceptors (Lipinski definition) is 2. The van der Waals surface area contributed by atoms with E-state index < -0.39 is 0 Å². The van der Waals surface area contributed by atoms with E-state index >= 15 is 0 Å². The van der Waals surface area contributed by atoms with Crippen LogP contribution in [-0.2, 0) is 4.79 Å². The molecule has 0 saturated heterocycles. The number of hydrogen-bond donors (Lipinski definition) is 2. The van der Waals surface area contributed by atoms with Crippen LogP contribution in [0.4, 0.5) is 5.69 Å². The van der Waals surface area contributed by atoms with Crippen molar-refractivity contribution >= 4 is 23.2 Å². The number of halogens is 1. The molecular formula is C14H19ClN2O. The minimum Gasteiger partial charge on any atom is -0.324 e. The van der Waals surface area contributed by atoms with Crippen molar-refractivity contribution in [2.24, 2.45) is 0 Å². The molecule has 0 atom stereocenters. The lowest BCUT2D eigenvalue weighted by Crippen LogP contribution is -2.37. The van der Waals surface area contributed by atoms with Gasteiger partial charge in [0, 0.05) is 6.04 Å². The minimum atomic E-state index is -0.0336. The predicted octanol–water partition coefficient (Wildman–Crippen LogP) is 3.20. The van der Waals surface area contributed by atoms with Crippen LogP contribution in [0, 0.1) is 0 Å². The van der Waals surface area contributed by atoms with Gasteiger partial charge >= 0.3 is 0 Å². The highest BCUT2D eigenvalue weighted by molar-refractivity contribution is 6.33. The molecule has 98 valence electrons. The first kappa shape index (κ1) is 13.4. The molecule has 1 amide bonds. The zero-order valence-electron chi connectivity index (χ0n) is 10.4. The molecule has 2 rings (SSSR count). The Morgan fingerprint density at radius 3 is 2.67 bits per heavy atom. The summed E-state index contributed by atoms with van der Waals surface area (Å²) in [6.45, 7) is 0.357. The molecule has 0 radical (unpaired) electrons. The molecule has 0 aliphatic heterocycles. The lowest BCUT2D eigenvalue weighted by Gasteiger charge is -2.22. The predicted molar refractivity (Wildman–Crippen MR) is 75.0 cm³/mol. The van der Waals surface area contributed by atoms with Gasteiger partial charge in [-0.15, -0.1) is 0 Å². The van der Waals surface area contributed by atoms with Crippen molar-refractivity contribution in [3.63, 3.8) is 0 Å². The van der Waals surface area contributed by atoms with Crippen LogP contribution in [-0.4, -0.2) is 18.5 Å². The Labute approximate surface area is 113 Å². The summed E-state index contributed by atoms with van der Waals surface area (Å²) >= 11 is 5.98. The number of amides is 1. The summed E-state index contributed by atoms with van der Waals surface area (Å²) in [6, 6.07) is 7.77. The molecule has 0 spiro atoms. The second-order valence-corrected chi connectivity index (χ2v) is 5.15. The molecule has 2 N–H and O–H groups in total. The summed E-state index contributed by atoms with van der Waals surface area (Å²) in [5, 5.41) is 6.70. The molecule has 18 heavy (non-hydrogen) atoms. The van der Waals surface area contributed by atoms with Crippen LogP contribution in [0.25, 0.3) is 0 Å².